The lowest BCUT2D eigenvalue weighted by atomic mass is 10.2. The Morgan fingerprint density at radius 3 is 2.47 bits per heavy atom. The minimum atomic E-state index is -1.03. The van der Waals surface area contributed by atoms with Crippen LogP contribution in [-0.4, -0.2) is 41.2 Å². The largest absolute Gasteiger partial charge is 0.480 e. The van der Waals surface area contributed by atoms with Crippen molar-refractivity contribution in [2.45, 2.75) is 11.8 Å². The van der Waals surface area contributed by atoms with Crippen molar-refractivity contribution in [2.75, 3.05) is 19.3 Å². The second-order valence-electron chi connectivity index (χ2n) is 4.25. The van der Waals surface area contributed by atoms with Crippen LogP contribution in [0.25, 0.3) is 0 Å². The number of carboxylic acid groups (broad SMARTS) is 1. The number of nitrogens with zero attached hydrogens (tertiary/aromatic N) is 1. The first-order chi connectivity index (χ1) is 8.90. The summed E-state index contributed by atoms with van der Waals surface area (Å²) < 4.78 is 12.7. The van der Waals surface area contributed by atoms with Gasteiger partial charge in [0.25, 0.3) is 0 Å². The molecule has 0 heterocycles. The summed E-state index contributed by atoms with van der Waals surface area (Å²) in [5, 5.41) is 8.61. The van der Waals surface area contributed by atoms with Crippen LogP contribution in [0.2, 0.25) is 0 Å². The van der Waals surface area contributed by atoms with Crippen molar-refractivity contribution >= 4 is 23.6 Å². The quantitative estimate of drug-likeness (QED) is 0.813. The van der Waals surface area contributed by atoms with Crippen LogP contribution < -0.4 is 0 Å². The van der Waals surface area contributed by atoms with Gasteiger partial charge in [-0.25, -0.2) is 4.39 Å². The average Bonchev–Trinajstić information content (AvgIpc) is 2.36. The molecule has 0 aromatic heterocycles. The Labute approximate surface area is 115 Å². The molecule has 1 rings (SSSR count). The van der Waals surface area contributed by atoms with Crippen LogP contribution in [0, 0.1) is 11.7 Å². The Morgan fingerprint density at radius 2 is 1.95 bits per heavy atom. The maximum absolute atomic E-state index is 12.7. The fourth-order valence-electron chi connectivity index (χ4n) is 1.48. The molecule has 0 spiro atoms. The number of carbonyl (C=O) groups excluding carboxylic acids is 1. The van der Waals surface area contributed by atoms with Gasteiger partial charge in [0.05, 0.1) is 0 Å². The lowest BCUT2D eigenvalue weighted by Crippen LogP contribution is -2.36. The Kier molecular flexibility index (Phi) is 5.82. The number of rotatable bonds is 6. The molecule has 1 aromatic rings. The minimum Gasteiger partial charge on any atom is -0.480 e. The number of benzene rings is 1. The zero-order valence-electron chi connectivity index (χ0n) is 10.8. The third-order valence-corrected chi connectivity index (χ3v) is 3.76. The van der Waals surface area contributed by atoms with Crippen LogP contribution in [0.15, 0.2) is 29.2 Å². The maximum Gasteiger partial charge on any atom is 0.323 e. The van der Waals surface area contributed by atoms with Crippen LogP contribution in [0.4, 0.5) is 4.39 Å². The van der Waals surface area contributed by atoms with Crippen molar-refractivity contribution in [1.82, 2.24) is 4.90 Å². The maximum atomic E-state index is 12.7. The smallest absolute Gasteiger partial charge is 0.323 e. The fourth-order valence-corrected chi connectivity index (χ4v) is 2.39. The van der Waals surface area contributed by atoms with Crippen LogP contribution in [0.5, 0.6) is 0 Å². The lowest BCUT2D eigenvalue weighted by molar-refractivity contribution is -0.144. The molecule has 1 atom stereocenters. The number of carboxylic acids is 1. The Morgan fingerprint density at radius 1 is 1.37 bits per heavy atom. The van der Waals surface area contributed by atoms with E-state index < -0.39 is 5.97 Å². The molecule has 0 aliphatic carbocycles. The van der Waals surface area contributed by atoms with Crippen molar-refractivity contribution in [1.29, 1.82) is 0 Å². The highest BCUT2D eigenvalue weighted by Crippen LogP contribution is 2.21. The van der Waals surface area contributed by atoms with E-state index in [1.165, 1.54) is 35.8 Å². The summed E-state index contributed by atoms with van der Waals surface area (Å²) in [5.41, 5.74) is 0. The lowest BCUT2D eigenvalue weighted by Gasteiger charge is -2.19. The van der Waals surface area contributed by atoms with Crippen LogP contribution in [-0.2, 0) is 9.59 Å². The zero-order valence-corrected chi connectivity index (χ0v) is 11.6. The van der Waals surface area contributed by atoms with Crippen molar-refractivity contribution in [3.8, 4) is 0 Å². The predicted octanol–water partition coefficient (Wildman–Crippen LogP) is 2.10. The summed E-state index contributed by atoms with van der Waals surface area (Å²) in [7, 11) is 1.47. The summed E-state index contributed by atoms with van der Waals surface area (Å²) in [6.07, 6.45) is 0. The first kappa shape index (κ1) is 15.5. The van der Waals surface area contributed by atoms with Gasteiger partial charge in [0, 0.05) is 23.6 Å². The molecule has 104 valence electrons. The number of hydrogen-bond acceptors (Lipinski definition) is 3. The molecule has 0 saturated heterocycles. The molecule has 0 fully saturated rings. The van der Waals surface area contributed by atoms with Crippen molar-refractivity contribution in [3.05, 3.63) is 30.1 Å². The highest BCUT2D eigenvalue weighted by Gasteiger charge is 2.19. The SMILES string of the molecule is CC(CSc1ccc(F)cc1)C(=O)N(C)CC(=O)O. The topological polar surface area (TPSA) is 57.6 Å². The third kappa shape index (κ3) is 5.30. The first-order valence-electron chi connectivity index (χ1n) is 5.75. The Hall–Kier alpha value is -1.56. The van der Waals surface area contributed by atoms with Crippen LogP contribution in [0.1, 0.15) is 6.92 Å². The highest BCUT2D eigenvalue weighted by atomic mass is 32.2. The second kappa shape index (κ2) is 7.13. The average molecular weight is 285 g/mol. The molecule has 4 nitrogen and oxygen atoms in total. The summed E-state index contributed by atoms with van der Waals surface area (Å²) in [6.45, 7) is 1.45. The minimum absolute atomic E-state index is 0.211. The van der Waals surface area contributed by atoms with E-state index in [2.05, 4.69) is 0 Å². The molecule has 0 aliphatic heterocycles. The Balaban J connectivity index is 2.46. The number of halogens is 1. The summed E-state index contributed by atoms with van der Waals surface area (Å²) in [5.74, 6) is -1.31. The molecular weight excluding hydrogens is 269 g/mol. The van der Waals surface area contributed by atoms with E-state index in [-0.39, 0.29) is 24.2 Å². The van der Waals surface area contributed by atoms with E-state index in [4.69, 9.17) is 5.11 Å². The number of amides is 1. The van der Waals surface area contributed by atoms with Crippen LogP contribution >= 0.6 is 11.8 Å². The fraction of sp³-hybridized carbons (Fsp3) is 0.385. The van der Waals surface area contributed by atoms with Gasteiger partial charge in [0.1, 0.15) is 12.4 Å². The summed E-state index contributed by atoms with van der Waals surface area (Å²) >= 11 is 1.44. The van der Waals surface area contributed by atoms with Gasteiger partial charge in [-0.2, -0.15) is 0 Å². The van der Waals surface area contributed by atoms with E-state index in [1.54, 1.807) is 19.1 Å². The first-order valence-corrected chi connectivity index (χ1v) is 6.74. The van der Waals surface area contributed by atoms with Crippen molar-refractivity contribution in [2.24, 2.45) is 5.92 Å². The number of likely N-dealkylation sites (N-methyl/N-ethyl adjacent to an activating group) is 1. The molecule has 1 unspecified atom stereocenters. The van der Waals surface area contributed by atoms with Gasteiger partial charge in [-0.3, -0.25) is 9.59 Å². The summed E-state index contributed by atoms with van der Waals surface area (Å²) in [4.78, 5) is 24.4. The van der Waals surface area contributed by atoms with E-state index >= 15 is 0 Å². The van der Waals surface area contributed by atoms with Gasteiger partial charge in [-0.1, -0.05) is 6.92 Å². The van der Waals surface area contributed by atoms with Crippen LogP contribution in [0.3, 0.4) is 0 Å². The molecule has 19 heavy (non-hydrogen) atoms. The van der Waals surface area contributed by atoms with E-state index in [0.717, 1.165) is 4.90 Å². The normalized spacial score (nSPS) is 11.9. The van der Waals surface area contributed by atoms with Gasteiger partial charge in [0.2, 0.25) is 5.91 Å². The molecule has 0 radical (unpaired) electrons. The van der Waals surface area contributed by atoms with Gasteiger partial charge >= 0.3 is 5.97 Å². The molecular formula is C13H16FNO3S. The van der Waals surface area contributed by atoms with E-state index in [1.807, 2.05) is 0 Å². The third-order valence-electron chi connectivity index (χ3n) is 2.48. The molecule has 1 amide bonds. The molecule has 1 aromatic carbocycles. The van der Waals surface area contributed by atoms with Crippen molar-refractivity contribution < 1.29 is 19.1 Å². The zero-order chi connectivity index (χ0) is 14.4. The number of carbonyl (C=O) groups is 2. The Bertz CT molecular complexity index is 450. The van der Waals surface area contributed by atoms with E-state index in [0.29, 0.717) is 5.75 Å². The van der Waals surface area contributed by atoms with Gasteiger partial charge in [-0.05, 0) is 24.3 Å². The molecule has 0 bridgehead atoms. The monoisotopic (exact) mass is 285 g/mol. The number of thioether (sulfide) groups is 1. The number of aliphatic carboxylic acids is 1. The standard InChI is InChI=1S/C13H16FNO3S/c1-9(13(18)15(2)7-12(16)17)8-19-11-5-3-10(14)4-6-11/h3-6,9H,7-8H2,1-2H3,(H,16,17). The molecule has 1 N–H and O–H groups in total. The highest BCUT2D eigenvalue weighted by molar-refractivity contribution is 7.99. The van der Waals surface area contributed by atoms with E-state index in [9.17, 15) is 14.0 Å². The van der Waals surface area contributed by atoms with Gasteiger partial charge in [-0.15, -0.1) is 11.8 Å². The van der Waals surface area contributed by atoms with Crippen molar-refractivity contribution in [3.63, 3.8) is 0 Å². The van der Waals surface area contributed by atoms with Gasteiger partial charge in [0.15, 0.2) is 0 Å². The molecule has 0 saturated carbocycles. The summed E-state index contributed by atoms with van der Waals surface area (Å²) in [6, 6.07) is 6.03. The van der Waals surface area contributed by atoms with Gasteiger partial charge < -0.3 is 10.0 Å². The molecule has 6 heteroatoms. The number of hydrogen-bond donors (Lipinski definition) is 1. The predicted molar refractivity (Wildman–Crippen MR) is 71.6 cm³/mol. The molecule has 0 aliphatic rings. The second-order valence-corrected chi connectivity index (χ2v) is 5.35.